The lowest BCUT2D eigenvalue weighted by Crippen LogP contribution is -2.56. The van der Waals surface area contributed by atoms with E-state index >= 15 is 0 Å². The smallest absolute Gasteiger partial charge is 0.240 e. The number of carbonyl (C=O) groups excluding carboxylic acids is 1. The maximum absolute atomic E-state index is 11.8. The number of hydrogen-bond donors (Lipinski definition) is 1. The van der Waals surface area contributed by atoms with Crippen molar-refractivity contribution in [3.8, 4) is 0 Å². The normalized spacial score (nSPS) is 24.6. The Morgan fingerprint density at radius 2 is 2.50 bits per heavy atom. The van der Waals surface area contributed by atoms with Crippen LogP contribution in [-0.2, 0) is 16.1 Å². The third kappa shape index (κ3) is 2.13. The first-order valence-corrected chi connectivity index (χ1v) is 6.04. The average molecular weight is 253 g/mol. The minimum absolute atomic E-state index is 0.323. The molecule has 6 heteroatoms. The van der Waals surface area contributed by atoms with Crippen LogP contribution in [0, 0.1) is 6.92 Å². The van der Waals surface area contributed by atoms with E-state index in [1.165, 1.54) is 0 Å². The van der Waals surface area contributed by atoms with Gasteiger partial charge in [-0.3, -0.25) is 9.69 Å². The van der Waals surface area contributed by atoms with Crippen molar-refractivity contribution >= 4 is 5.91 Å². The summed E-state index contributed by atoms with van der Waals surface area (Å²) in [6.07, 6.45) is 3.29. The summed E-state index contributed by atoms with van der Waals surface area (Å²) in [6.45, 7) is 3.66. The van der Waals surface area contributed by atoms with Crippen LogP contribution >= 0.6 is 0 Å². The molecule has 1 atom stereocenters. The molecule has 1 aliphatic rings. The van der Waals surface area contributed by atoms with Gasteiger partial charge in [-0.15, -0.1) is 0 Å². The van der Waals surface area contributed by atoms with Gasteiger partial charge in [-0.1, -0.05) is 5.16 Å². The van der Waals surface area contributed by atoms with Crippen LogP contribution in [0.4, 0.5) is 0 Å². The first-order chi connectivity index (χ1) is 8.60. The lowest BCUT2D eigenvalue weighted by atomic mass is 9.96. The van der Waals surface area contributed by atoms with E-state index in [1.54, 1.807) is 13.4 Å². The SMILES string of the molecule is COCC1(C(N)=O)CCCN1Cc1conc1C. The fourth-order valence-corrected chi connectivity index (χ4v) is 2.59. The van der Waals surface area contributed by atoms with E-state index in [1.807, 2.05) is 6.92 Å². The molecular weight excluding hydrogens is 234 g/mol. The number of carbonyl (C=O) groups is 1. The largest absolute Gasteiger partial charge is 0.382 e. The van der Waals surface area contributed by atoms with Gasteiger partial charge >= 0.3 is 0 Å². The number of rotatable bonds is 5. The molecule has 1 aliphatic heterocycles. The summed E-state index contributed by atoms with van der Waals surface area (Å²) in [5.74, 6) is -0.323. The Morgan fingerprint density at radius 1 is 1.72 bits per heavy atom. The highest BCUT2D eigenvalue weighted by Crippen LogP contribution is 2.31. The second kappa shape index (κ2) is 5.07. The molecule has 1 saturated heterocycles. The predicted octanol–water partition coefficient (Wildman–Crippen LogP) is 0.449. The summed E-state index contributed by atoms with van der Waals surface area (Å²) in [6, 6.07) is 0. The van der Waals surface area contributed by atoms with Crippen molar-refractivity contribution in [2.45, 2.75) is 31.8 Å². The Hall–Kier alpha value is -1.40. The minimum Gasteiger partial charge on any atom is -0.382 e. The summed E-state index contributed by atoms with van der Waals surface area (Å²) in [5, 5.41) is 3.85. The van der Waals surface area contributed by atoms with Gasteiger partial charge in [0.25, 0.3) is 0 Å². The minimum atomic E-state index is -0.696. The zero-order chi connectivity index (χ0) is 13.2. The predicted molar refractivity (Wildman–Crippen MR) is 64.7 cm³/mol. The molecule has 100 valence electrons. The monoisotopic (exact) mass is 253 g/mol. The zero-order valence-corrected chi connectivity index (χ0v) is 10.8. The van der Waals surface area contributed by atoms with E-state index in [0.717, 1.165) is 30.6 Å². The van der Waals surface area contributed by atoms with Gasteiger partial charge in [0.2, 0.25) is 5.91 Å². The first kappa shape index (κ1) is 13.0. The molecule has 0 aliphatic carbocycles. The van der Waals surface area contributed by atoms with E-state index in [2.05, 4.69) is 10.1 Å². The lowest BCUT2D eigenvalue weighted by molar-refractivity contribution is -0.132. The Balaban J connectivity index is 2.20. The summed E-state index contributed by atoms with van der Waals surface area (Å²) in [5.41, 5.74) is 6.71. The fourth-order valence-electron chi connectivity index (χ4n) is 2.59. The molecule has 1 aromatic heterocycles. The number of aryl methyl sites for hydroxylation is 1. The molecule has 0 bridgehead atoms. The maximum atomic E-state index is 11.8. The van der Waals surface area contributed by atoms with Crippen LogP contribution in [0.5, 0.6) is 0 Å². The molecule has 0 saturated carbocycles. The van der Waals surface area contributed by atoms with E-state index in [9.17, 15) is 4.79 Å². The van der Waals surface area contributed by atoms with Crippen LogP contribution in [0.3, 0.4) is 0 Å². The Kier molecular flexibility index (Phi) is 3.68. The standard InChI is InChI=1S/C12H19N3O3/c1-9-10(7-18-14-9)6-15-5-3-4-12(15,8-17-2)11(13)16/h7H,3-6,8H2,1-2H3,(H2,13,16). The molecular formula is C12H19N3O3. The number of hydrogen-bond acceptors (Lipinski definition) is 5. The average Bonchev–Trinajstić information content (AvgIpc) is 2.89. The number of likely N-dealkylation sites (tertiary alicyclic amines) is 1. The van der Waals surface area contributed by atoms with Gasteiger partial charge in [0.15, 0.2) is 0 Å². The Labute approximate surface area is 106 Å². The van der Waals surface area contributed by atoms with Gasteiger partial charge in [0, 0.05) is 19.2 Å². The van der Waals surface area contributed by atoms with E-state index in [-0.39, 0.29) is 5.91 Å². The van der Waals surface area contributed by atoms with E-state index < -0.39 is 5.54 Å². The summed E-state index contributed by atoms with van der Waals surface area (Å²) in [7, 11) is 1.59. The van der Waals surface area contributed by atoms with Gasteiger partial charge in [-0.2, -0.15) is 0 Å². The van der Waals surface area contributed by atoms with Crippen LogP contribution in [0.2, 0.25) is 0 Å². The van der Waals surface area contributed by atoms with Gasteiger partial charge in [-0.05, 0) is 26.3 Å². The number of aromatic nitrogens is 1. The zero-order valence-electron chi connectivity index (χ0n) is 10.8. The van der Waals surface area contributed by atoms with Crippen molar-refractivity contribution in [2.75, 3.05) is 20.3 Å². The highest BCUT2D eigenvalue weighted by Gasteiger charge is 2.46. The third-order valence-electron chi connectivity index (χ3n) is 3.68. The number of ether oxygens (including phenoxy) is 1. The molecule has 2 rings (SSSR count). The van der Waals surface area contributed by atoms with Gasteiger partial charge in [0.1, 0.15) is 11.8 Å². The van der Waals surface area contributed by atoms with Gasteiger partial charge in [-0.25, -0.2) is 0 Å². The summed E-state index contributed by atoms with van der Waals surface area (Å²) in [4.78, 5) is 13.9. The summed E-state index contributed by atoms with van der Waals surface area (Å²) < 4.78 is 10.1. The molecule has 0 spiro atoms. The van der Waals surface area contributed by atoms with E-state index in [0.29, 0.717) is 13.2 Å². The van der Waals surface area contributed by atoms with Crippen LogP contribution in [0.25, 0.3) is 0 Å². The molecule has 6 nitrogen and oxygen atoms in total. The van der Waals surface area contributed by atoms with Crippen molar-refractivity contribution in [1.82, 2.24) is 10.1 Å². The van der Waals surface area contributed by atoms with Gasteiger partial charge in [0.05, 0.1) is 12.3 Å². The van der Waals surface area contributed by atoms with Crippen LogP contribution in [0.15, 0.2) is 10.8 Å². The summed E-state index contributed by atoms with van der Waals surface area (Å²) >= 11 is 0. The molecule has 2 N–H and O–H groups in total. The molecule has 1 aromatic rings. The fraction of sp³-hybridized carbons (Fsp3) is 0.667. The second-order valence-electron chi connectivity index (χ2n) is 4.78. The maximum Gasteiger partial charge on any atom is 0.240 e. The van der Waals surface area contributed by atoms with Crippen LogP contribution < -0.4 is 5.73 Å². The molecule has 18 heavy (non-hydrogen) atoms. The highest BCUT2D eigenvalue weighted by atomic mass is 16.5. The topological polar surface area (TPSA) is 81.6 Å². The van der Waals surface area contributed by atoms with Crippen molar-refractivity contribution in [3.05, 3.63) is 17.5 Å². The quantitative estimate of drug-likeness (QED) is 0.824. The molecule has 2 heterocycles. The first-order valence-electron chi connectivity index (χ1n) is 6.04. The van der Waals surface area contributed by atoms with Crippen LogP contribution in [0.1, 0.15) is 24.1 Å². The Morgan fingerprint density at radius 3 is 3.06 bits per heavy atom. The van der Waals surface area contributed by atoms with Crippen LogP contribution in [-0.4, -0.2) is 41.8 Å². The van der Waals surface area contributed by atoms with E-state index in [4.69, 9.17) is 15.0 Å². The molecule has 1 amide bonds. The highest BCUT2D eigenvalue weighted by molar-refractivity contribution is 5.85. The van der Waals surface area contributed by atoms with Crippen molar-refractivity contribution in [3.63, 3.8) is 0 Å². The van der Waals surface area contributed by atoms with Crippen molar-refractivity contribution in [1.29, 1.82) is 0 Å². The van der Waals surface area contributed by atoms with Crippen molar-refractivity contribution in [2.24, 2.45) is 5.73 Å². The van der Waals surface area contributed by atoms with Crippen molar-refractivity contribution < 1.29 is 14.1 Å². The van der Waals surface area contributed by atoms with Gasteiger partial charge < -0.3 is 15.0 Å². The molecule has 0 aromatic carbocycles. The number of methoxy groups -OCH3 is 1. The number of amides is 1. The second-order valence-corrected chi connectivity index (χ2v) is 4.78. The molecule has 1 unspecified atom stereocenters. The number of nitrogens with zero attached hydrogens (tertiary/aromatic N) is 2. The lowest BCUT2D eigenvalue weighted by Gasteiger charge is -2.34. The number of nitrogens with two attached hydrogens (primary N) is 1. The third-order valence-corrected chi connectivity index (χ3v) is 3.68. The Bertz CT molecular complexity index is 432. The number of primary amides is 1. The molecule has 0 radical (unpaired) electrons. The molecule has 1 fully saturated rings.